The molecule has 4 aromatic heterocycles. The molecule has 0 unspecified atom stereocenters. The number of nitrogens with zero attached hydrogens (tertiary/aromatic N) is 6. The van der Waals surface area contributed by atoms with Gasteiger partial charge in [0.2, 0.25) is 0 Å². The minimum atomic E-state index is 0.747. The van der Waals surface area contributed by atoms with Crippen LogP contribution in [-0.2, 0) is 13.5 Å². The highest BCUT2D eigenvalue weighted by atomic mass is 32.1. The summed E-state index contributed by atoms with van der Waals surface area (Å²) >= 11 is 1.58. The summed E-state index contributed by atoms with van der Waals surface area (Å²) in [7, 11) is 3.56. The van der Waals surface area contributed by atoms with E-state index in [0.717, 1.165) is 44.4 Å². The van der Waals surface area contributed by atoms with Crippen LogP contribution >= 0.6 is 11.3 Å². The Morgan fingerprint density at radius 2 is 2.00 bits per heavy atom. The number of ether oxygens (including phenoxy) is 1. The highest BCUT2D eigenvalue weighted by Crippen LogP contribution is 2.35. The molecule has 0 amide bonds. The second-order valence-electron chi connectivity index (χ2n) is 5.41. The molecule has 0 aliphatic carbocycles. The molecule has 0 aliphatic rings. The van der Waals surface area contributed by atoms with E-state index in [2.05, 4.69) is 27.3 Å². The van der Waals surface area contributed by atoms with Crippen LogP contribution in [0.3, 0.4) is 0 Å². The lowest BCUT2D eigenvalue weighted by Crippen LogP contribution is -1.94. The molecular formula is C16H16N6OS. The van der Waals surface area contributed by atoms with Gasteiger partial charge in [0, 0.05) is 30.6 Å². The molecule has 4 rings (SSSR count). The Balaban J connectivity index is 1.89. The minimum absolute atomic E-state index is 0.747. The first kappa shape index (κ1) is 14.8. The van der Waals surface area contributed by atoms with E-state index < -0.39 is 0 Å². The number of aryl methyl sites for hydroxylation is 2. The van der Waals surface area contributed by atoms with E-state index in [1.54, 1.807) is 23.1 Å². The zero-order valence-corrected chi connectivity index (χ0v) is 14.4. The van der Waals surface area contributed by atoms with Gasteiger partial charge in [0.1, 0.15) is 16.3 Å². The van der Waals surface area contributed by atoms with Crippen molar-refractivity contribution in [1.82, 2.24) is 29.6 Å². The molecule has 8 heteroatoms. The third-order valence-corrected chi connectivity index (χ3v) is 4.94. The van der Waals surface area contributed by atoms with Crippen LogP contribution in [-0.4, -0.2) is 36.7 Å². The van der Waals surface area contributed by atoms with E-state index >= 15 is 0 Å². The van der Waals surface area contributed by atoms with Crippen LogP contribution in [0.15, 0.2) is 30.9 Å². The Morgan fingerprint density at radius 3 is 2.67 bits per heavy atom. The lowest BCUT2D eigenvalue weighted by molar-refractivity contribution is 0.418. The van der Waals surface area contributed by atoms with Crippen LogP contribution in [0.2, 0.25) is 0 Å². The summed E-state index contributed by atoms with van der Waals surface area (Å²) in [5.74, 6) is 0.747. The number of methoxy groups -OCH3 is 1. The third kappa shape index (κ3) is 2.35. The molecule has 0 aromatic carbocycles. The van der Waals surface area contributed by atoms with Gasteiger partial charge in [0.15, 0.2) is 5.01 Å². The van der Waals surface area contributed by atoms with Crippen LogP contribution in [0.1, 0.15) is 11.9 Å². The van der Waals surface area contributed by atoms with Gasteiger partial charge in [-0.3, -0.25) is 4.68 Å². The zero-order chi connectivity index (χ0) is 16.7. The molecular weight excluding hydrogens is 324 g/mol. The predicted molar refractivity (Wildman–Crippen MR) is 92.2 cm³/mol. The van der Waals surface area contributed by atoms with Crippen molar-refractivity contribution in [3.05, 3.63) is 35.9 Å². The van der Waals surface area contributed by atoms with Crippen molar-refractivity contribution in [2.24, 2.45) is 7.05 Å². The van der Waals surface area contributed by atoms with Gasteiger partial charge in [0.25, 0.3) is 0 Å². The summed E-state index contributed by atoms with van der Waals surface area (Å²) in [4.78, 5) is 0. The van der Waals surface area contributed by atoms with Crippen molar-refractivity contribution < 1.29 is 4.74 Å². The summed E-state index contributed by atoms with van der Waals surface area (Å²) in [6.45, 7) is 2.07. The highest BCUT2D eigenvalue weighted by Gasteiger charge is 2.17. The summed E-state index contributed by atoms with van der Waals surface area (Å²) < 4.78 is 9.21. The van der Waals surface area contributed by atoms with Gasteiger partial charge in [-0.2, -0.15) is 10.2 Å². The van der Waals surface area contributed by atoms with E-state index in [0.29, 0.717) is 0 Å². The van der Waals surface area contributed by atoms with Gasteiger partial charge >= 0.3 is 0 Å². The minimum Gasteiger partial charge on any atom is -0.494 e. The number of rotatable bonds is 4. The van der Waals surface area contributed by atoms with Gasteiger partial charge in [-0.15, -0.1) is 10.2 Å². The molecule has 122 valence electrons. The van der Waals surface area contributed by atoms with Crippen molar-refractivity contribution in [3.63, 3.8) is 0 Å². The first-order valence-corrected chi connectivity index (χ1v) is 8.38. The first-order chi connectivity index (χ1) is 11.7. The average Bonchev–Trinajstić information content (AvgIpc) is 3.31. The smallest absolute Gasteiger partial charge is 0.151 e. The molecule has 24 heavy (non-hydrogen) atoms. The average molecular weight is 340 g/mol. The van der Waals surface area contributed by atoms with E-state index in [-0.39, 0.29) is 0 Å². The molecule has 0 atom stereocenters. The van der Waals surface area contributed by atoms with Crippen molar-refractivity contribution in [2.45, 2.75) is 13.3 Å². The van der Waals surface area contributed by atoms with Gasteiger partial charge in [-0.05, 0) is 12.5 Å². The monoisotopic (exact) mass is 340 g/mol. The molecule has 4 aromatic rings. The fourth-order valence-electron chi connectivity index (χ4n) is 2.63. The number of hydrogen-bond donors (Lipinski definition) is 0. The number of aromatic nitrogens is 6. The van der Waals surface area contributed by atoms with Crippen LogP contribution in [0, 0.1) is 0 Å². The van der Waals surface area contributed by atoms with E-state index in [1.165, 1.54) is 0 Å². The molecule has 0 aliphatic heterocycles. The van der Waals surface area contributed by atoms with Crippen LogP contribution in [0.4, 0.5) is 0 Å². The van der Waals surface area contributed by atoms with Crippen LogP contribution < -0.4 is 4.74 Å². The molecule has 4 heterocycles. The Kier molecular flexibility index (Phi) is 3.53. The standard InChI is InChI=1S/C16H16N6OS/c1-4-14-19-20-16(24-14)12-7-18-22-9-10(5-13(23-3)15(12)22)11-6-17-21(2)8-11/h5-9H,4H2,1-3H3. The van der Waals surface area contributed by atoms with Gasteiger partial charge in [-0.25, -0.2) is 4.52 Å². The van der Waals surface area contributed by atoms with Crippen molar-refractivity contribution in [3.8, 4) is 27.4 Å². The topological polar surface area (TPSA) is 70.1 Å². The molecule has 0 saturated carbocycles. The molecule has 0 N–H and O–H groups in total. The third-order valence-electron chi connectivity index (χ3n) is 3.83. The molecule has 0 saturated heterocycles. The molecule has 0 radical (unpaired) electrons. The maximum absolute atomic E-state index is 5.62. The molecule has 7 nitrogen and oxygen atoms in total. The summed E-state index contributed by atoms with van der Waals surface area (Å²) in [5, 5.41) is 19.1. The largest absolute Gasteiger partial charge is 0.494 e. The summed E-state index contributed by atoms with van der Waals surface area (Å²) in [6.07, 6.45) is 8.44. The van der Waals surface area contributed by atoms with Crippen LogP contribution in [0.25, 0.3) is 27.2 Å². The molecule has 0 bridgehead atoms. The van der Waals surface area contributed by atoms with E-state index in [1.807, 2.05) is 42.4 Å². The second-order valence-corrected chi connectivity index (χ2v) is 6.47. The predicted octanol–water partition coefficient (Wildman–Crippen LogP) is 2.82. The first-order valence-electron chi connectivity index (χ1n) is 7.56. The second kappa shape index (κ2) is 5.72. The van der Waals surface area contributed by atoms with Crippen molar-refractivity contribution in [2.75, 3.05) is 7.11 Å². The summed E-state index contributed by atoms with van der Waals surface area (Å²) in [6, 6.07) is 2.00. The number of fused-ring (bicyclic) bond motifs is 1. The van der Waals surface area contributed by atoms with Crippen molar-refractivity contribution >= 4 is 16.9 Å². The van der Waals surface area contributed by atoms with E-state index in [9.17, 15) is 0 Å². The quantitative estimate of drug-likeness (QED) is 0.571. The maximum Gasteiger partial charge on any atom is 0.151 e. The zero-order valence-electron chi connectivity index (χ0n) is 13.6. The fraction of sp³-hybridized carbons (Fsp3) is 0.250. The fourth-order valence-corrected chi connectivity index (χ4v) is 3.42. The van der Waals surface area contributed by atoms with Gasteiger partial charge in [0.05, 0.1) is 25.1 Å². The highest BCUT2D eigenvalue weighted by molar-refractivity contribution is 7.14. The van der Waals surface area contributed by atoms with E-state index in [4.69, 9.17) is 4.74 Å². The number of pyridine rings is 1. The van der Waals surface area contributed by atoms with Gasteiger partial charge in [-0.1, -0.05) is 18.3 Å². The maximum atomic E-state index is 5.62. The lowest BCUT2D eigenvalue weighted by Gasteiger charge is -2.07. The van der Waals surface area contributed by atoms with Gasteiger partial charge < -0.3 is 4.74 Å². The SMILES string of the molecule is CCc1nnc(-c2cnn3cc(-c4cnn(C)c4)cc(OC)c23)s1. The Morgan fingerprint density at radius 1 is 1.12 bits per heavy atom. The lowest BCUT2D eigenvalue weighted by atomic mass is 10.1. The van der Waals surface area contributed by atoms with Crippen LogP contribution in [0.5, 0.6) is 5.75 Å². The normalized spacial score (nSPS) is 11.3. The molecule has 0 fully saturated rings. The Labute approximate surface area is 142 Å². The Bertz CT molecular complexity index is 1010. The van der Waals surface area contributed by atoms with Crippen molar-refractivity contribution in [1.29, 1.82) is 0 Å². The summed E-state index contributed by atoms with van der Waals surface area (Å²) in [5.41, 5.74) is 3.83. The number of hydrogen-bond acceptors (Lipinski definition) is 6. The Hall–Kier alpha value is -2.74. The molecule has 0 spiro atoms.